The van der Waals surface area contributed by atoms with Gasteiger partial charge in [0.25, 0.3) is 5.56 Å². The van der Waals surface area contributed by atoms with E-state index in [-0.39, 0.29) is 5.56 Å². The van der Waals surface area contributed by atoms with Crippen molar-refractivity contribution in [2.75, 3.05) is 17.8 Å². The summed E-state index contributed by atoms with van der Waals surface area (Å²) < 4.78 is 1.65. The van der Waals surface area contributed by atoms with E-state index in [4.69, 9.17) is 11.6 Å². The Morgan fingerprint density at radius 1 is 1.13 bits per heavy atom. The number of rotatable bonds is 5. The molecule has 0 saturated carbocycles. The fraction of sp³-hybridized carbons (Fsp3) is 0.176. The maximum Gasteiger partial charge on any atom is 0.266 e. The molecule has 3 nitrogen and oxygen atoms in total. The lowest BCUT2D eigenvalue weighted by Crippen LogP contribution is -2.21. The Balaban J connectivity index is 2.21. The molecule has 0 fully saturated rings. The summed E-state index contributed by atoms with van der Waals surface area (Å²) in [4.78, 5) is 17.6. The molecule has 23 heavy (non-hydrogen) atoms. The molecule has 0 spiro atoms. The van der Waals surface area contributed by atoms with Crippen LogP contribution in [0, 0.1) is 0 Å². The van der Waals surface area contributed by atoms with E-state index < -0.39 is 0 Å². The SMILES string of the molecule is CSCCSc1nc2ccccc2c(=O)n1-c1cccc(Cl)c1. The van der Waals surface area contributed by atoms with E-state index in [9.17, 15) is 4.79 Å². The van der Waals surface area contributed by atoms with Crippen LogP contribution in [-0.4, -0.2) is 27.3 Å². The van der Waals surface area contributed by atoms with Gasteiger partial charge in [-0.2, -0.15) is 11.8 Å². The Morgan fingerprint density at radius 2 is 1.96 bits per heavy atom. The van der Waals surface area contributed by atoms with Gasteiger partial charge in [-0.05, 0) is 36.6 Å². The maximum absolute atomic E-state index is 13.0. The number of nitrogens with zero attached hydrogens (tertiary/aromatic N) is 2. The second-order valence-corrected chi connectivity index (χ2v) is 7.36. The molecule has 0 radical (unpaired) electrons. The van der Waals surface area contributed by atoms with Crippen LogP contribution in [0.15, 0.2) is 58.5 Å². The van der Waals surface area contributed by atoms with Crippen molar-refractivity contribution in [3.05, 3.63) is 63.9 Å². The topological polar surface area (TPSA) is 34.9 Å². The predicted molar refractivity (Wildman–Crippen MR) is 101 cm³/mol. The van der Waals surface area contributed by atoms with Crippen LogP contribution < -0.4 is 5.56 Å². The lowest BCUT2D eigenvalue weighted by atomic mass is 10.2. The first-order valence-electron chi connectivity index (χ1n) is 7.10. The van der Waals surface area contributed by atoms with Crippen LogP contribution in [0.25, 0.3) is 16.6 Å². The minimum absolute atomic E-state index is 0.0653. The first-order valence-corrected chi connectivity index (χ1v) is 9.86. The number of aromatic nitrogens is 2. The van der Waals surface area contributed by atoms with Crippen LogP contribution in [0.5, 0.6) is 0 Å². The zero-order chi connectivity index (χ0) is 16.2. The van der Waals surface area contributed by atoms with Gasteiger partial charge in [0.1, 0.15) is 0 Å². The van der Waals surface area contributed by atoms with Crippen molar-refractivity contribution in [2.24, 2.45) is 0 Å². The highest BCUT2D eigenvalue weighted by atomic mass is 35.5. The van der Waals surface area contributed by atoms with Gasteiger partial charge in [0.2, 0.25) is 0 Å². The quantitative estimate of drug-likeness (QED) is 0.380. The summed E-state index contributed by atoms with van der Waals surface area (Å²) in [5.41, 5.74) is 1.40. The zero-order valence-corrected chi connectivity index (χ0v) is 14.9. The summed E-state index contributed by atoms with van der Waals surface area (Å²) in [6.45, 7) is 0. The number of benzene rings is 2. The normalized spacial score (nSPS) is 11.0. The third-order valence-electron chi connectivity index (χ3n) is 3.33. The van der Waals surface area contributed by atoms with Crippen molar-refractivity contribution in [3.8, 4) is 5.69 Å². The van der Waals surface area contributed by atoms with Gasteiger partial charge in [-0.15, -0.1) is 0 Å². The van der Waals surface area contributed by atoms with Crippen molar-refractivity contribution in [1.82, 2.24) is 9.55 Å². The Labute approximate surface area is 148 Å². The minimum atomic E-state index is -0.0653. The first-order chi connectivity index (χ1) is 11.2. The summed E-state index contributed by atoms with van der Waals surface area (Å²) in [5, 5.41) is 1.91. The van der Waals surface area contributed by atoms with Crippen molar-refractivity contribution < 1.29 is 0 Å². The van der Waals surface area contributed by atoms with Crippen molar-refractivity contribution in [1.29, 1.82) is 0 Å². The third kappa shape index (κ3) is 3.57. The molecule has 6 heteroatoms. The lowest BCUT2D eigenvalue weighted by Gasteiger charge is -2.13. The van der Waals surface area contributed by atoms with Gasteiger partial charge in [0.05, 0.1) is 16.6 Å². The predicted octanol–water partition coefficient (Wildman–Crippen LogP) is 4.49. The zero-order valence-electron chi connectivity index (χ0n) is 12.5. The highest BCUT2D eigenvalue weighted by Crippen LogP contribution is 2.23. The van der Waals surface area contributed by atoms with Crippen molar-refractivity contribution >= 4 is 46.0 Å². The molecule has 2 aromatic carbocycles. The van der Waals surface area contributed by atoms with Gasteiger partial charge in [-0.25, -0.2) is 4.98 Å². The number of hydrogen-bond acceptors (Lipinski definition) is 4. The molecule has 0 amide bonds. The molecule has 0 aliphatic rings. The van der Waals surface area contributed by atoms with Gasteiger partial charge in [0.15, 0.2) is 5.16 Å². The van der Waals surface area contributed by atoms with Crippen LogP contribution in [0.2, 0.25) is 5.02 Å². The summed E-state index contributed by atoms with van der Waals surface area (Å²) in [7, 11) is 0. The van der Waals surface area contributed by atoms with Gasteiger partial charge < -0.3 is 0 Å². The fourth-order valence-electron chi connectivity index (χ4n) is 2.27. The first kappa shape index (κ1) is 16.4. The third-order valence-corrected chi connectivity index (χ3v) is 5.38. The second-order valence-electron chi connectivity index (χ2n) is 4.87. The van der Waals surface area contributed by atoms with Gasteiger partial charge >= 0.3 is 0 Å². The Bertz CT molecular complexity index is 895. The van der Waals surface area contributed by atoms with Crippen molar-refractivity contribution in [3.63, 3.8) is 0 Å². The van der Waals surface area contributed by atoms with Gasteiger partial charge in [-0.3, -0.25) is 9.36 Å². The van der Waals surface area contributed by atoms with Crippen LogP contribution in [0.1, 0.15) is 0 Å². The van der Waals surface area contributed by atoms with Gasteiger partial charge in [0, 0.05) is 16.5 Å². The Morgan fingerprint density at radius 3 is 2.74 bits per heavy atom. The average Bonchev–Trinajstić information content (AvgIpc) is 2.55. The number of hydrogen-bond donors (Lipinski definition) is 0. The molecule has 3 rings (SSSR count). The fourth-order valence-corrected chi connectivity index (χ4v) is 4.12. The van der Waals surface area contributed by atoms with E-state index in [1.165, 1.54) is 0 Å². The van der Waals surface area contributed by atoms with E-state index in [1.807, 2.05) is 36.4 Å². The standard InChI is InChI=1S/C17H15ClN2OS2/c1-22-9-10-23-17-19-15-8-3-2-7-14(15)16(21)20(17)13-6-4-5-12(18)11-13/h2-8,11H,9-10H2,1H3. The number of halogens is 1. The Kier molecular flexibility index (Phi) is 5.30. The summed E-state index contributed by atoms with van der Waals surface area (Å²) >= 11 is 9.46. The van der Waals surface area contributed by atoms with E-state index in [0.29, 0.717) is 15.6 Å². The molecule has 0 unspecified atom stereocenters. The van der Waals surface area contributed by atoms with Crippen LogP contribution in [0.3, 0.4) is 0 Å². The second kappa shape index (κ2) is 7.43. The van der Waals surface area contributed by atoms with Crippen molar-refractivity contribution in [2.45, 2.75) is 5.16 Å². The van der Waals surface area contributed by atoms with Crippen LogP contribution in [0.4, 0.5) is 0 Å². The molecule has 0 aliphatic carbocycles. The summed E-state index contributed by atoms with van der Waals surface area (Å²) in [6, 6.07) is 14.7. The minimum Gasteiger partial charge on any atom is -0.268 e. The summed E-state index contributed by atoms with van der Waals surface area (Å²) in [5.74, 6) is 1.90. The van der Waals surface area contributed by atoms with E-state index in [2.05, 4.69) is 11.2 Å². The molecule has 3 aromatic rings. The molecular formula is C17H15ClN2OS2. The highest BCUT2D eigenvalue weighted by Gasteiger charge is 2.13. The van der Waals surface area contributed by atoms with E-state index >= 15 is 0 Å². The van der Waals surface area contributed by atoms with E-state index in [0.717, 1.165) is 22.7 Å². The lowest BCUT2D eigenvalue weighted by molar-refractivity contribution is 0.820. The van der Waals surface area contributed by atoms with Crippen LogP contribution >= 0.6 is 35.1 Å². The molecule has 0 saturated heterocycles. The smallest absolute Gasteiger partial charge is 0.266 e. The number of thioether (sulfide) groups is 2. The van der Waals surface area contributed by atoms with Crippen LogP contribution in [-0.2, 0) is 0 Å². The molecule has 0 atom stereocenters. The summed E-state index contributed by atoms with van der Waals surface area (Å²) in [6.07, 6.45) is 2.07. The molecule has 1 heterocycles. The van der Waals surface area contributed by atoms with E-state index in [1.54, 1.807) is 40.2 Å². The monoisotopic (exact) mass is 362 g/mol. The van der Waals surface area contributed by atoms with Gasteiger partial charge in [-0.1, -0.05) is 41.6 Å². The number of fused-ring (bicyclic) bond motifs is 1. The average molecular weight is 363 g/mol. The number of para-hydroxylation sites is 1. The molecular weight excluding hydrogens is 348 g/mol. The molecule has 0 N–H and O–H groups in total. The Hall–Kier alpha value is -1.43. The molecule has 1 aromatic heterocycles. The highest BCUT2D eigenvalue weighted by molar-refractivity contribution is 8.02. The molecule has 118 valence electrons. The largest absolute Gasteiger partial charge is 0.268 e. The molecule has 0 bridgehead atoms. The molecule has 0 aliphatic heterocycles. The maximum atomic E-state index is 13.0.